The molecule has 10 heteroatoms. The third kappa shape index (κ3) is 6.19. The minimum absolute atomic E-state index is 0.0445. The zero-order valence-corrected chi connectivity index (χ0v) is 34.0. The van der Waals surface area contributed by atoms with Gasteiger partial charge >= 0.3 is 0 Å². The van der Waals surface area contributed by atoms with Crippen molar-refractivity contribution in [3.63, 3.8) is 0 Å². The van der Waals surface area contributed by atoms with E-state index in [2.05, 4.69) is 74.8 Å². The first-order chi connectivity index (χ1) is 25.7. The van der Waals surface area contributed by atoms with Gasteiger partial charge in [-0.2, -0.15) is 0 Å². The summed E-state index contributed by atoms with van der Waals surface area (Å²) in [5, 5.41) is 12.6. The number of methoxy groups -OCH3 is 1. The van der Waals surface area contributed by atoms with E-state index in [1.54, 1.807) is 42.1 Å². The predicted octanol–water partition coefficient (Wildman–Crippen LogP) is 9.44. The summed E-state index contributed by atoms with van der Waals surface area (Å²) < 4.78 is 36.9. The molecular formula is C44H46N2O5S2Si. The predicted molar refractivity (Wildman–Crippen MR) is 221 cm³/mol. The first kappa shape index (κ1) is 37.7. The van der Waals surface area contributed by atoms with Crippen molar-refractivity contribution < 1.29 is 23.1 Å². The van der Waals surface area contributed by atoms with Gasteiger partial charge in [-0.15, -0.1) is 11.8 Å². The highest BCUT2D eigenvalue weighted by Gasteiger charge is 2.62. The fraction of sp³-hybridized carbons (Fsp3) is 0.250. The lowest BCUT2D eigenvalue weighted by Crippen LogP contribution is -2.73. The lowest BCUT2D eigenvalue weighted by Gasteiger charge is -2.60. The monoisotopic (exact) mass is 774 g/mol. The van der Waals surface area contributed by atoms with Crippen LogP contribution in [0.25, 0.3) is 10.9 Å². The van der Waals surface area contributed by atoms with Crippen LogP contribution in [0.1, 0.15) is 49.3 Å². The number of nitrogens with zero attached hydrogens (tertiary/aromatic N) is 2. The smallest absolute Gasteiger partial charge is 0.268 e. The molecule has 0 saturated carbocycles. The number of hydrogen-bond donors (Lipinski definition) is 1. The van der Waals surface area contributed by atoms with Crippen molar-refractivity contribution in [3.8, 4) is 5.75 Å². The number of fused-ring (bicyclic) bond motifs is 1. The summed E-state index contributed by atoms with van der Waals surface area (Å²) in [5.41, 5.74) is 3.67. The summed E-state index contributed by atoms with van der Waals surface area (Å²) in [5.74, 6) is -0.599. The maximum Gasteiger partial charge on any atom is 0.268 e. The molecule has 6 aromatic rings. The molecule has 54 heavy (non-hydrogen) atoms. The van der Waals surface area contributed by atoms with Gasteiger partial charge in [0.05, 0.1) is 39.3 Å². The summed E-state index contributed by atoms with van der Waals surface area (Å²) in [6.07, 6.45) is -1.45. The van der Waals surface area contributed by atoms with Crippen molar-refractivity contribution >= 4 is 46.8 Å². The minimum atomic E-state index is -4.23. The number of carbonyl (C=O) groups excluding carboxylic acids is 1. The average Bonchev–Trinajstić information content (AvgIpc) is 3.58. The van der Waals surface area contributed by atoms with Crippen molar-refractivity contribution in [1.29, 1.82) is 0 Å². The van der Waals surface area contributed by atoms with Crippen LogP contribution in [-0.2, 0) is 19.6 Å². The maximum atomic E-state index is 14.9. The van der Waals surface area contributed by atoms with Crippen LogP contribution >= 0.6 is 11.8 Å². The molecule has 1 amide bonds. The van der Waals surface area contributed by atoms with Gasteiger partial charge in [-0.3, -0.25) is 4.79 Å². The maximum absolute atomic E-state index is 14.9. The van der Waals surface area contributed by atoms with Gasteiger partial charge in [0.1, 0.15) is 11.9 Å². The molecule has 1 fully saturated rings. The van der Waals surface area contributed by atoms with Gasteiger partial charge in [-0.25, -0.2) is 12.4 Å². The fourth-order valence-corrected chi connectivity index (χ4v) is 13.9. The van der Waals surface area contributed by atoms with Crippen LogP contribution in [0.4, 0.5) is 0 Å². The number of hydrogen-bond acceptors (Lipinski definition) is 6. The summed E-state index contributed by atoms with van der Waals surface area (Å²) in [6.45, 7) is 10.9. The second-order valence-corrected chi connectivity index (χ2v) is 23.6. The molecule has 3 unspecified atom stereocenters. The van der Waals surface area contributed by atoms with E-state index in [4.69, 9.17) is 4.74 Å². The third-order valence-corrected chi connectivity index (χ3v) is 20.4. The van der Waals surface area contributed by atoms with Crippen molar-refractivity contribution in [3.05, 3.63) is 168 Å². The SMILES string of the molecule is COc1ccc(S(=O)(=O)n2c(C(O)C3C(=O)N([Si](C)(C)C(C)(C)C)C3SC(c3ccccc3)(c3ccccc3)c3ccccc3)cc3ccccc32)cc1. The molecule has 7 rings (SSSR count). The average molecular weight is 775 g/mol. The summed E-state index contributed by atoms with van der Waals surface area (Å²) in [4.78, 5) is 15.0. The topological polar surface area (TPSA) is 88.8 Å². The molecule has 0 aliphatic carbocycles. The Morgan fingerprint density at radius 3 is 1.70 bits per heavy atom. The number of aliphatic hydroxyl groups excluding tert-OH is 1. The molecule has 0 bridgehead atoms. The van der Waals surface area contributed by atoms with Crippen LogP contribution in [0.15, 0.2) is 150 Å². The quantitative estimate of drug-likeness (QED) is 0.0802. The number of rotatable bonds is 11. The van der Waals surface area contributed by atoms with Gasteiger partial charge in [0.15, 0.2) is 8.24 Å². The number of thioether (sulfide) groups is 1. The third-order valence-electron chi connectivity index (χ3n) is 11.3. The number of benzene rings is 5. The molecule has 3 atom stereocenters. The van der Waals surface area contributed by atoms with E-state index in [9.17, 15) is 18.3 Å². The number of aliphatic hydroxyl groups is 1. The van der Waals surface area contributed by atoms with Gasteiger partial charge < -0.3 is 14.4 Å². The number of ether oxygens (including phenoxy) is 1. The Labute approximate surface area is 323 Å². The van der Waals surface area contributed by atoms with Crippen LogP contribution in [0.2, 0.25) is 18.1 Å². The Hall–Kier alpha value is -4.61. The first-order valence-corrected chi connectivity index (χ1v) is 23.4. The normalized spacial score (nSPS) is 17.3. The second-order valence-electron chi connectivity index (χ2n) is 15.3. The summed E-state index contributed by atoms with van der Waals surface area (Å²) in [6, 6.07) is 46.0. The molecule has 1 aliphatic heterocycles. The van der Waals surface area contributed by atoms with Crippen molar-refractivity contribution in [2.45, 2.75) is 60.0 Å². The zero-order valence-electron chi connectivity index (χ0n) is 31.4. The van der Waals surface area contributed by atoms with E-state index in [-0.39, 0.29) is 21.5 Å². The van der Waals surface area contributed by atoms with Gasteiger partial charge in [-0.1, -0.05) is 143 Å². The summed E-state index contributed by atoms with van der Waals surface area (Å²) in [7, 11) is -5.27. The Kier molecular flexibility index (Phi) is 9.93. The highest BCUT2D eigenvalue weighted by Crippen LogP contribution is 2.59. The number of amides is 1. The fourth-order valence-electron chi connectivity index (χ4n) is 7.42. The lowest BCUT2D eigenvalue weighted by molar-refractivity contribution is -0.150. The summed E-state index contributed by atoms with van der Waals surface area (Å²) >= 11 is 1.65. The molecule has 0 radical (unpaired) electrons. The van der Waals surface area contributed by atoms with E-state index in [1.807, 2.05) is 66.7 Å². The molecule has 1 aliphatic rings. The standard InChI is InChI=1S/C44H46N2O5S2Si/c1-43(2,3)54(5,6)46-41(48)39(40(47)38-30-31-18-16-17-25-37(31)45(38)53(49,50)36-28-26-35(51-4)27-29-36)42(46)52-44(32-19-10-7-11-20-32,33-21-12-8-13-22-33)34-23-14-9-15-24-34/h7-30,39-40,42,47H,1-6H3. The van der Waals surface area contributed by atoms with Gasteiger partial charge in [0, 0.05) is 5.39 Å². The van der Waals surface area contributed by atoms with E-state index in [0.717, 1.165) is 16.7 Å². The highest BCUT2D eigenvalue weighted by atomic mass is 32.2. The van der Waals surface area contributed by atoms with Gasteiger partial charge in [-0.05, 0) is 58.1 Å². The molecule has 5 aromatic carbocycles. The van der Waals surface area contributed by atoms with Crippen LogP contribution in [0.3, 0.4) is 0 Å². The Morgan fingerprint density at radius 2 is 1.22 bits per heavy atom. The van der Waals surface area contributed by atoms with E-state index in [1.165, 1.54) is 23.2 Å². The van der Waals surface area contributed by atoms with Crippen LogP contribution in [0.5, 0.6) is 5.75 Å². The number of β-lactam (4-membered cyclic amide) rings is 1. The number of aromatic nitrogens is 1. The molecule has 0 spiro atoms. The highest BCUT2D eigenvalue weighted by molar-refractivity contribution is 8.01. The molecular weight excluding hydrogens is 729 g/mol. The molecule has 278 valence electrons. The van der Waals surface area contributed by atoms with Crippen LogP contribution in [-0.4, -0.2) is 48.7 Å². The molecule has 1 aromatic heterocycles. The molecule has 7 nitrogen and oxygen atoms in total. The Morgan fingerprint density at radius 1 is 0.741 bits per heavy atom. The second kappa shape index (κ2) is 14.2. The van der Waals surface area contributed by atoms with E-state index < -0.39 is 40.4 Å². The first-order valence-electron chi connectivity index (χ1n) is 18.1. The molecule has 1 saturated heterocycles. The minimum Gasteiger partial charge on any atom is -0.497 e. The van der Waals surface area contributed by atoms with Gasteiger partial charge in [0.2, 0.25) is 5.91 Å². The Balaban J connectivity index is 1.44. The zero-order chi connectivity index (χ0) is 38.5. The van der Waals surface area contributed by atoms with Crippen molar-refractivity contribution in [2.75, 3.05) is 7.11 Å². The number of carbonyl (C=O) groups is 1. The van der Waals surface area contributed by atoms with Crippen molar-refractivity contribution in [1.82, 2.24) is 8.54 Å². The lowest BCUT2D eigenvalue weighted by atomic mass is 9.84. The van der Waals surface area contributed by atoms with Crippen molar-refractivity contribution in [2.24, 2.45) is 5.92 Å². The Bertz CT molecular complexity index is 2280. The number of para-hydroxylation sites is 1. The van der Waals surface area contributed by atoms with Crippen LogP contribution in [0, 0.1) is 5.92 Å². The van der Waals surface area contributed by atoms with Gasteiger partial charge in [0.25, 0.3) is 10.0 Å². The van der Waals surface area contributed by atoms with Crippen LogP contribution < -0.4 is 4.74 Å². The van der Waals surface area contributed by atoms with E-state index >= 15 is 0 Å². The van der Waals surface area contributed by atoms with E-state index in [0.29, 0.717) is 16.7 Å². The molecule has 2 heterocycles. The largest absolute Gasteiger partial charge is 0.497 e. The molecule has 1 N–H and O–H groups in total.